The molecule has 1 aliphatic rings. The molecule has 3 unspecified atom stereocenters. The summed E-state index contributed by atoms with van der Waals surface area (Å²) in [4.78, 5) is 32.2. The Morgan fingerprint density at radius 3 is 2.72 bits per heavy atom. The molecule has 2 rings (SSSR count). The van der Waals surface area contributed by atoms with Crippen molar-refractivity contribution >= 4 is 23.2 Å². The number of amides is 2. The van der Waals surface area contributed by atoms with E-state index in [1.807, 2.05) is 20.8 Å². The Kier molecular flexibility index (Phi) is 6.92. The van der Waals surface area contributed by atoms with Gasteiger partial charge in [-0.1, -0.05) is 19.8 Å². The lowest BCUT2D eigenvalue weighted by atomic mass is 9.93. The van der Waals surface area contributed by atoms with Crippen LogP contribution in [0.3, 0.4) is 0 Å². The molecular formula is C17H27N3O4S. The van der Waals surface area contributed by atoms with Gasteiger partial charge in [0, 0.05) is 11.4 Å². The number of hydrogen-bond donors (Lipinski definition) is 3. The number of likely N-dealkylation sites (tertiary alicyclic amines) is 1. The van der Waals surface area contributed by atoms with Crippen molar-refractivity contribution in [1.82, 2.24) is 15.4 Å². The largest absolute Gasteiger partial charge is 0.382 e. The van der Waals surface area contributed by atoms with Crippen molar-refractivity contribution in [3.8, 4) is 0 Å². The van der Waals surface area contributed by atoms with Crippen LogP contribution in [-0.2, 0) is 9.59 Å². The Balaban J connectivity index is 2.22. The van der Waals surface area contributed by atoms with Gasteiger partial charge in [0.25, 0.3) is 5.91 Å². The number of hydroxylamine groups is 1. The average Bonchev–Trinajstić information content (AvgIpc) is 3.21. The Bertz CT molecular complexity index is 600. The average molecular weight is 369 g/mol. The molecule has 1 aromatic rings. The van der Waals surface area contributed by atoms with E-state index in [4.69, 9.17) is 5.21 Å². The van der Waals surface area contributed by atoms with Crippen LogP contribution >= 0.6 is 11.3 Å². The zero-order valence-electron chi connectivity index (χ0n) is 15.0. The van der Waals surface area contributed by atoms with Gasteiger partial charge in [0.05, 0.1) is 17.7 Å². The van der Waals surface area contributed by atoms with Crippen molar-refractivity contribution in [1.29, 1.82) is 0 Å². The Hall–Kier alpha value is -1.51. The highest BCUT2D eigenvalue weighted by atomic mass is 32.1. The summed E-state index contributed by atoms with van der Waals surface area (Å²) in [6, 6.07) is -0.0987. The number of carbonyl (C=O) groups is 2. The first-order chi connectivity index (χ1) is 11.9. The summed E-state index contributed by atoms with van der Waals surface area (Å²) in [5.74, 6) is -2.03. The van der Waals surface area contributed by atoms with E-state index in [-0.39, 0.29) is 11.9 Å². The minimum Gasteiger partial charge on any atom is -0.382 e. The first-order valence-electron chi connectivity index (χ1n) is 8.77. The molecule has 3 N–H and O–H groups in total. The van der Waals surface area contributed by atoms with E-state index in [2.05, 4.69) is 4.98 Å². The molecule has 1 fully saturated rings. The van der Waals surface area contributed by atoms with Crippen molar-refractivity contribution in [2.45, 2.75) is 65.0 Å². The number of thiazole rings is 1. The van der Waals surface area contributed by atoms with Gasteiger partial charge in [0.15, 0.2) is 0 Å². The Morgan fingerprint density at radius 1 is 1.44 bits per heavy atom. The van der Waals surface area contributed by atoms with Gasteiger partial charge in [-0.2, -0.15) is 0 Å². The van der Waals surface area contributed by atoms with Gasteiger partial charge in [0.2, 0.25) is 5.91 Å². The smallest absolute Gasteiger partial charge is 0.272 e. The summed E-state index contributed by atoms with van der Waals surface area (Å²) < 4.78 is 0. The number of aliphatic hydroxyl groups excluding tert-OH is 1. The van der Waals surface area contributed by atoms with E-state index in [9.17, 15) is 14.7 Å². The van der Waals surface area contributed by atoms with Crippen LogP contribution < -0.4 is 5.48 Å². The molecule has 0 radical (unpaired) electrons. The van der Waals surface area contributed by atoms with Gasteiger partial charge in [0.1, 0.15) is 11.1 Å². The molecule has 140 valence electrons. The summed E-state index contributed by atoms with van der Waals surface area (Å²) in [6.07, 6.45) is 2.14. The second-order valence-corrected chi connectivity index (χ2v) is 7.79. The minimum absolute atomic E-state index is 0.0987. The highest BCUT2D eigenvalue weighted by molar-refractivity contribution is 7.11. The third kappa shape index (κ3) is 4.37. The normalized spacial score (nSPS) is 19.7. The monoisotopic (exact) mass is 369 g/mol. The molecule has 0 bridgehead atoms. The molecule has 1 aromatic heterocycles. The van der Waals surface area contributed by atoms with Gasteiger partial charge in [-0.25, -0.2) is 10.5 Å². The number of aliphatic hydroxyl groups is 1. The third-order valence-corrected chi connectivity index (χ3v) is 5.99. The van der Waals surface area contributed by atoms with Gasteiger partial charge in [-0.15, -0.1) is 11.3 Å². The standard InChI is InChI=1S/C17H27N3O4S/c1-4-5-7-12(14(21)15(22)19-24)17(23)20-9-6-8-13(20)16-18-10(2)11(3)25-16/h12-14,21,24H,4-9H2,1-3H3,(H,19,22). The van der Waals surface area contributed by atoms with Crippen LogP contribution in [0.1, 0.15) is 60.6 Å². The molecular weight excluding hydrogens is 342 g/mol. The number of nitrogens with zero attached hydrogens (tertiary/aromatic N) is 2. The van der Waals surface area contributed by atoms with Gasteiger partial charge in [-0.05, 0) is 33.1 Å². The minimum atomic E-state index is -1.55. The lowest BCUT2D eigenvalue weighted by Crippen LogP contribution is -2.46. The number of hydrogen-bond acceptors (Lipinski definition) is 6. The van der Waals surface area contributed by atoms with Crippen LogP contribution in [0.2, 0.25) is 0 Å². The highest BCUT2D eigenvalue weighted by Crippen LogP contribution is 2.37. The third-order valence-electron chi connectivity index (χ3n) is 4.81. The first-order valence-corrected chi connectivity index (χ1v) is 9.58. The maximum absolute atomic E-state index is 13.1. The number of carbonyl (C=O) groups excluding carboxylic acids is 2. The van der Waals surface area contributed by atoms with Crippen molar-refractivity contribution in [3.63, 3.8) is 0 Å². The summed E-state index contributed by atoms with van der Waals surface area (Å²) in [5.41, 5.74) is 2.42. The van der Waals surface area contributed by atoms with E-state index in [0.717, 1.165) is 41.3 Å². The molecule has 0 spiro atoms. The summed E-state index contributed by atoms with van der Waals surface area (Å²) in [7, 11) is 0. The number of nitrogens with one attached hydrogen (secondary N) is 1. The lowest BCUT2D eigenvalue weighted by molar-refractivity contribution is -0.151. The molecule has 0 aromatic carbocycles. The predicted molar refractivity (Wildman–Crippen MR) is 94.2 cm³/mol. The molecule has 0 saturated carbocycles. The van der Waals surface area contributed by atoms with E-state index in [1.165, 1.54) is 5.48 Å². The van der Waals surface area contributed by atoms with E-state index < -0.39 is 17.9 Å². The van der Waals surface area contributed by atoms with Gasteiger partial charge >= 0.3 is 0 Å². The molecule has 2 amide bonds. The fourth-order valence-corrected chi connectivity index (χ4v) is 4.30. The highest BCUT2D eigenvalue weighted by Gasteiger charge is 2.40. The lowest BCUT2D eigenvalue weighted by Gasteiger charge is -2.29. The predicted octanol–water partition coefficient (Wildman–Crippen LogP) is 2.10. The fourth-order valence-electron chi connectivity index (χ4n) is 3.23. The molecule has 25 heavy (non-hydrogen) atoms. The van der Waals surface area contributed by atoms with Crippen LogP contribution in [0.4, 0.5) is 0 Å². The maximum Gasteiger partial charge on any atom is 0.272 e. The molecule has 2 heterocycles. The van der Waals surface area contributed by atoms with Crippen molar-refractivity contribution in [2.75, 3.05) is 6.54 Å². The SMILES string of the molecule is CCCCC(C(=O)N1CCCC1c1nc(C)c(C)s1)C(O)C(=O)NO. The number of aromatic nitrogens is 1. The second kappa shape index (κ2) is 8.73. The number of aryl methyl sites for hydroxylation is 2. The van der Waals surface area contributed by atoms with E-state index >= 15 is 0 Å². The number of rotatable bonds is 7. The van der Waals surface area contributed by atoms with Crippen LogP contribution in [-0.4, -0.2) is 44.7 Å². The summed E-state index contributed by atoms with van der Waals surface area (Å²) >= 11 is 1.59. The van der Waals surface area contributed by atoms with Crippen molar-refractivity contribution in [3.05, 3.63) is 15.6 Å². The fraction of sp³-hybridized carbons (Fsp3) is 0.706. The number of unbranched alkanes of at least 4 members (excludes halogenated alkanes) is 1. The molecule has 3 atom stereocenters. The quantitative estimate of drug-likeness (QED) is 0.504. The molecule has 7 nitrogen and oxygen atoms in total. The van der Waals surface area contributed by atoms with E-state index in [1.54, 1.807) is 16.2 Å². The van der Waals surface area contributed by atoms with Crippen molar-refractivity contribution in [2.24, 2.45) is 5.92 Å². The second-order valence-electron chi connectivity index (χ2n) is 6.55. The molecule has 1 aliphatic heterocycles. The molecule has 1 saturated heterocycles. The van der Waals surface area contributed by atoms with Crippen LogP contribution in [0, 0.1) is 19.8 Å². The summed E-state index contributed by atoms with van der Waals surface area (Å²) in [5, 5.41) is 19.9. The molecule has 8 heteroatoms. The van der Waals surface area contributed by atoms with Crippen LogP contribution in [0.5, 0.6) is 0 Å². The molecule has 0 aliphatic carbocycles. The zero-order chi connectivity index (χ0) is 18.6. The van der Waals surface area contributed by atoms with E-state index in [0.29, 0.717) is 13.0 Å². The zero-order valence-corrected chi connectivity index (χ0v) is 15.8. The Labute approximate surface area is 152 Å². The topological polar surface area (TPSA) is 103 Å². The maximum atomic E-state index is 13.1. The van der Waals surface area contributed by atoms with Gasteiger partial charge < -0.3 is 10.0 Å². The first kappa shape index (κ1) is 19.8. The summed E-state index contributed by atoms with van der Waals surface area (Å²) in [6.45, 7) is 6.55. The van der Waals surface area contributed by atoms with Crippen LogP contribution in [0.15, 0.2) is 0 Å². The van der Waals surface area contributed by atoms with Gasteiger partial charge in [-0.3, -0.25) is 14.8 Å². The van der Waals surface area contributed by atoms with Crippen molar-refractivity contribution < 1.29 is 19.9 Å². The van der Waals surface area contributed by atoms with Crippen LogP contribution in [0.25, 0.3) is 0 Å². The Morgan fingerprint density at radius 2 is 2.16 bits per heavy atom.